The van der Waals surface area contributed by atoms with Crippen molar-refractivity contribution in [2.75, 3.05) is 0 Å². The van der Waals surface area contributed by atoms with Crippen molar-refractivity contribution in [1.82, 2.24) is 15.6 Å². The third kappa shape index (κ3) is 2.74. The third-order valence-electron chi connectivity index (χ3n) is 4.45. The Labute approximate surface area is 118 Å². The number of aromatic nitrogens is 1. The lowest BCUT2D eigenvalue weighted by Crippen LogP contribution is -2.44. The van der Waals surface area contributed by atoms with Crippen molar-refractivity contribution in [2.45, 2.75) is 38.3 Å². The van der Waals surface area contributed by atoms with E-state index in [4.69, 9.17) is 5.26 Å². The largest absolute Gasteiger partial charge is 0.335 e. The van der Waals surface area contributed by atoms with Crippen molar-refractivity contribution in [3.05, 3.63) is 29.6 Å². The van der Waals surface area contributed by atoms with E-state index >= 15 is 0 Å². The van der Waals surface area contributed by atoms with E-state index in [1.807, 2.05) is 6.07 Å². The molecule has 2 amide bonds. The lowest BCUT2D eigenvalue weighted by molar-refractivity contribution is 0.230. The van der Waals surface area contributed by atoms with Crippen molar-refractivity contribution < 1.29 is 4.79 Å². The van der Waals surface area contributed by atoms with Gasteiger partial charge in [-0.3, -0.25) is 0 Å². The molecule has 2 aliphatic rings. The van der Waals surface area contributed by atoms with E-state index in [1.165, 1.54) is 19.3 Å². The molecular weight excluding hydrogens is 252 g/mol. The molecule has 2 aliphatic carbocycles. The van der Waals surface area contributed by atoms with Crippen LogP contribution < -0.4 is 10.6 Å². The number of pyridine rings is 1. The van der Waals surface area contributed by atoms with Gasteiger partial charge in [0.1, 0.15) is 11.8 Å². The molecule has 1 heterocycles. The molecule has 2 bridgehead atoms. The highest BCUT2D eigenvalue weighted by Crippen LogP contribution is 2.44. The van der Waals surface area contributed by atoms with Crippen LogP contribution in [-0.2, 0) is 6.54 Å². The second-order valence-corrected chi connectivity index (χ2v) is 5.77. The fourth-order valence-electron chi connectivity index (χ4n) is 3.47. The predicted octanol–water partition coefficient (Wildman–Crippen LogP) is 1.94. The summed E-state index contributed by atoms with van der Waals surface area (Å²) in [5, 5.41) is 14.7. The summed E-state index contributed by atoms with van der Waals surface area (Å²) < 4.78 is 0. The molecule has 1 aromatic rings. The minimum atomic E-state index is -0.113. The van der Waals surface area contributed by atoms with Crippen LogP contribution in [-0.4, -0.2) is 17.1 Å². The van der Waals surface area contributed by atoms with Gasteiger partial charge < -0.3 is 10.6 Å². The molecule has 0 aliphatic heterocycles. The van der Waals surface area contributed by atoms with Crippen LogP contribution in [0.2, 0.25) is 0 Å². The minimum absolute atomic E-state index is 0.113. The zero-order chi connectivity index (χ0) is 13.9. The Bertz CT molecular complexity index is 551. The number of carbonyl (C=O) groups is 1. The Balaban J connectivity index is 1.48. The Morgan fingerprint density at radius 3 is 3.05 bits per heavy atom. The molecule has 3 rings (SSSR count). The summed E-state index contributed by atoms with van der Waals surface area (Å²) in [6, 6.07) is 5.72. The summed E-state index contributed by atoms with van der Waals surface area (Å²) >= 11 is 0. The number of amides is 2. The van der Waals surface area contributed by atoms with Crippen LogP contribution in [0.1, 0.15) is 36.9 Å². The number of nitriles is 1. The maximum Gasteiger partial charge on any atom is 0.315 e. The first kappa shape index (κ1) is 12.9. The first-order valence-corrected chi connectivity index (χ1v) is 7.14. The fraction of sp³-hybridized carbons (Fsp3) is 0.533. The summed E-state index contributed by atoms with van der Waals surface area (Å²) in [6.45, 7) is 0.420. The van der Waals surface area contributed by atoms with E-state index in [9.17, 15) is 4.79 Å². The van der Waals surface area contributed by atoms with E-state index in [2.05, 4.69) is 15.6 Å². The second-order valence-electron chi connectivity index (χ2n) is 5.77. The molecule has 5 nitrogen and oxygen atoms in total. The average molecular weight is 270 g/mol. The predicted molar refractivity (Wildman–Crippen MR) is 73.6 cm³/mol. The van der Waals surface area contributed by atoms with Crippen molar-refractivity contribution in [1.29, 1.82) is 5.26 Å². The van der Waals surface area contributed by atoms with E-state index in [1.54, 1.807) is 18.3 Å². The lowest BCUT2D eigenvalue weighted by Gasteiger charge is -2.23. The van der Waals surface area contributed by atoms with Gasteiger partial charge in [-0.1, -0.05) is 6.42 Å². The second kappa shape index (κ2) is 5.49. The Morgan fingerprint density at radius 1 is 1.45 bits per heavy atom. The van der Waals surface area contributed by atoms with Crippen LogP contribution in [0.25, 0.3) is 0 Å². The highest BCUT2D eigenvalue weighted by molar-refractivity contribution is 5.74. The number of nitrogens with one attached hydrogen (secondary N) is 2. The average Bonchev–Trinajstić information content (AvgIpc) is 3.08. The molecule has 0 aromatic carbocycles. The molecule has 104 valence electrons. The molecule has 2 saturated carbocycles. The Morgan fingerprint density at radius 2 is 2.35 bits per heavy atom. The molecule has 0 saturated heterocycles. The zero-order valence-corrected chi connectivity index (χ0v) is 11.3. The smallest absolute Gasteiger partial charge is 0.315 e. The number of hydrogen-bond acceptors (Lipinski definition) is 3. The monoisotopic (exact) mass is 270 g/mol. The summed E-state index contributed by atoms with van der Waals surface area (Å²) in [7, 11) is 0. The van der Waals surface area contributed by atoms with Crippen LogP contribution in [0, 0.1) is 23.2 Å². The topological polar surface area (TPSA) is 77.8 Å². The molecule has 1 aromatic heterocycles. The highest BCUT2D eigenvalue weighted by atomic mass is 16.2. The zero-order valence-electron chi connectivity index (χ0n) is 11.3. The maximum absolute atomic E-state index is 11.9. The van der Waals surface area contributed by atoms with Gasteiger partial charge in [0, 0.05) is 18.8 Å². The summed E-state index contributed by atoms with van der Waals surface area (Å²) in [6.07, 6.45) is 6.58. The SMILES string of the molecule is N#Cc1cc(CNC(=O)N[C@H]2C[C@@H]3CC[C@H]2C3)ccn1. The highest BCUT2D eigenvalue weighted by Gasteiger charge is 2.40. The van der Waals surface area contributed by atoms with Gasteiger partial charge in [-0.25, -0.2) is 9.78 Å². The standard InChI is InChI=1S/C15H18N4O/c16-8-13-6-11(3-4-17-13)9-18-15(20)19-14-7-10-1-2-12(14)5-10/h3-4,6,10,12,14H,1-2,5,7,9H2,(H2,18,19,20)/t10-,12+,14+/m1/s1. The van der Waals surface area contributed by atoms with Gasteiger partial charge in [0.2, 0.25) is 0 Å². The third-order valence-corrected chi connectivity index (χ3v) is 4.45. The molecule has 5 heteroatoms. The minimum Gasteiger partial charge on any atom is -0.335 e. The first-order valence-electron chi connectivity index (χ1n) is 7.14. The van der Waals surface area contributed by atoms with Crippen LogP contribution >= 0.6 is 0 Å². The number of nitrogens with zero attached hydrogens (tertiary/aromatic N) is 2. The van der Waals surface area contributed by atoms with Gasteiger partial charge in [-0.2, -0.15) is 5.26 Å². The van der Waals surface area contributed by atoms with Crippen molar-refractivity contribution in [3.8, 4) is 6.07 Å². The molecule has 3 atom stereocenters. The summed E-state index contributed by atoms with van der Waals surface area (Å²) in [4.78, 5) is 15.8. The fourth-order valence-corrected chi connectivity index (χ4v) is 3.47. The molecule has 0 spiro atoms. The molecule has 2 fully saturated rings. The van der Waals surface area contributed by atoms with E-state index in [-0.39, 0.29) is 6.03 Å². The normalized spacial score (nSPS) is 27.1. The Kier molecular flexibility index (Phi) is 3.55. The number of carbonyl (C=O) groups excluding carboxylic acids is 1. The van der Waals surface area contributed by atoms with Crippen LogP contribution in [0.3, 0.4) is 0 Å². The summed E-state index contributed by atoms with van der Waals surface area (Å²) in [5.74, 6) is 1.50. The molecular formula is C15H18N4O. The molecule has 0 unspecified atom stereocenters. The van der Waals surface area contributed by atoms with Gasteiger partial charge in [0.05, 0.1) is 0 Å². The van der Waals surface area contributed by atoms with Crippen LogP contribution in [0.4, 0.5) is 4.79 Å². The van der Waals surface area contributed by atoms with Gasteiger partial charge in [0.25, 0.3) is 0 Å². The first-order chi connectivity index (χ1) is 9.74. The van der Waals surface area contributed by atoms with Crippen molar-refractivity contribution >= 4 is 6.03 Å². The van der Waals surface area contributed by atoms with Gasteiger partial charge in [-0.05, 0) is 48.8 Å². The molecule has 0 radical (unpaired) electrons. The molecule has 2 N–H and O–H groups in total. The van der Waals surface area contributed by atoms with Crippen LogP contribution in [0.15, 0.2) is 18.3 Å². The quantitative estimate of drug-likeness (QED) is 0.881. The van der Waals surface area contributed by atoms with Gasteiger partial charge in [0.15, 0.2) is 0 Å². The van der Waals surface area contributed by atoms with E-state index < -0.39 is 0 Å². The number of hydrogen-bond donors (Lipinski definition) is 2. The Hall–Kier alpha value is -2.09. The number of fused-ring (bicyclic) bond motifs is 2. The summed E-state index contributed by atoms with van der Waals surface area (Å²) in [5.41, 5.74) is 1.26. The molecule has 20 heavy (non-hydrogen) atoms. The van der Waals surface area contributed by atoms with Gasteiger partial charge in [-0.15, -0.1) is 0 Å². The van der Waals surface area contributed by atoms with Crippen LogP contribution in [0.5, 0.6) is 0 Å². The number of rotatable bonds is 3. The maximum atomic E-state index is 11.9. The van der Waals surface area contributed by atoms with E-state index in [0.717, 1.165) is 17.9 Å². The number of urea groups is 1. The van der Waals surface area contributed by atoms with Crippen molar-refractivity contribution in [2.24, 2.45) is 11.8 Å². The van der Waals surface area contributed by atoms with Crippen molar-refractivity contribution in [3.63, 3.8) is 0 Å². The van der Waals surface area contributed by atoms with Gasteiger partial charge >= 0.3 is 6.03 Å². The lowest BCUT2D eigenvalue weighted by atomic mass is 9.95. The van der Waals surface area contributed by atoms with E-state index in [0.29, 0.717) is 24.2 Å².